The van der Waals surface area contributed by atoms with Gasteiger partial charge < -0.3 is 15.7 Å². The molecule has 0 aromatic heterocycles. The molecule has 3 N–H and O–H groups in total. The van der Waals surface area contributed by atoms with E-state index in [2.05, 4.69) is 10.6 Å². The number of amides is 2. The van der Waals surface area contributed by atoms with Gasteiger partial charge >= 0.3 is 11.8 Å². The Bertz CT molecular complexity index is 498. The van der Waals surface area contributed by atoms with Crippen LogP contribution in [0.2, 0.25) is 0 Å². The number of nitrogens with one attached hydrogen (secondary N) is 2. The van der Waals surface area contributed by atoms with Crippen LogP contribution in [0.15, 0.2) is 24.3 Å². The van der Waals surface area contributed by atoms with E-state index in [1.165, 1.54) is 24.3 Å². The van der Waals surface area contributed by atoms with Crippen LogP contribution in [0.25, 0.3) is 0 Å². The predicted octanol–water partition coefficient (Wildman–Crippen LogP) is 1.68. The highest BCUT2D eigenvalue weighted by Gasteiger charge is 2.23. The SMILES string of the molecule is CC(O)CC(C)(C)CNC(=O)C(=O)Nc1ccc(F)cc1. The molecule has 1 aromatic rings. The smallest absolute Gasteiger partial charge is 0.313 e. The lowest BCUT2D eigenvalue weighted by molar-refractivity contribution is -0.136. The normalized spacial score (nSPS) is 12.6. The molecule has 0 saturated carbocycles. The predicted molar refractivity (Wildman–Crippen MR) is 78.1 cm³/mol. The summed E-state index contributed by atoms with van der Waals surface area (Å²) in [4.78, 5) is 23.4. The van der Waals surface area contributed by atoms with Crippen LogP contribution in [0.4, 0.5) is 10.1 Å². The lowest BCUT2D eigenvalue weighted by Gasteiger charge is -2.26. The summed E-state index contributed by atoms with van der Waals surface area (Å²) in [5.74, 6) is -2.00. The maximum Gasteiger partial charge on any atom is 0.313 e. The molecule has 1 aromatic carbocycles. The molecule has 6 heteroatoms. The van der Waals surface area contributed by atoms with Crippen molar-refractivity contribution in [2.75, 3.05) is 11.9 Å². The summed E-state index contributed by atoms with van der Waals surface area (Å²) in [7, 11) is 0. The fraction of sp³-hybridized carbons (Fsp3) is 0.467. The monoisotopic (exact) mass is 296 g/mol. The van der Waals surface area contributed by atoms with Gasteiger partial charge in [-0.3, -0.25) is 9.59 Å². The highest BCUT2D eigenvalue weighted by atomic mass is 19.1. The second kappa shape index (κ2) is 7.17. The van der Waals surface area contributed by atoms with Crippen molar-refractivity contribution in [3.05, 3.63) is 30.1 Å². The number of halogens is 1. The van der Waals surface area contributed by atoms with E-state index in [0.29, 0.717) is 12.1 Å². The largest absolute Gasteiger partial charge is 0.393 e. The Kier molecular flexibility index (Phi) is 5.84. The minimum Gasteiger partial charge on any atom is -0.393 e. The van der Waals surface area contributed by atoms with Crippen molar-refractivity contribution in [1.82, 2.24) is 5.32 Å². The van der Waals surface area contributed by atoms with E-state index in [9.17, 15) is 19.1 Å². The van der Waals surface area contributed by atoms with Gasteiger partial charge in [-0.05, 0) is 43.0 Å². The third-order valence-corrected chi connectivity index (χ3v) is 2.88. The standard InChI is InChI=1S/C15H21FN2O3/c1-10(19)8-15(2,3)9-17-13(20)14(21)18-12-6-4-11(16)5-7-12/h4-7,10,19H,8-9H2,1-3H3,(H,17,20)(H,18,21). The van der Waals surface area contributed by atoms with Gasteiger partial charge in [0.25, 0.3) is 0 Å². The maximum absolute atomic E-state index is 12.7. The minimum absolute atomic E-state index is 0.271. The van der Waals surface area contributed by atoms with Crippen molar-refractivity contribution >= 4 is 17.5 Å². The van der Waals surface area contributed by atoms with Gasteiger partial charge in [0.2, 0.25) is 0 Å². The Labute approximate surface area is 123 Å². The molecule has 1 unspecified atom stereocenters. The zero-order chi connectivity index (χ0) is 16.0. The third-order valence-electron chi connectivity index (χ3n) is 2.88. The van der Waals surface area contributed by atoms with Crippen LogP contribution in [0.1, 0.15) is 27.2 Å². The summed E-state index contributed by atoms with van der Waals surface area (Å²) in [6.45, 7) is 5.72. The minimum atomic E-state index is -0.811. The molecular weight excluding hydrogens is 275 g/mol. The number of benzene rings is 1. The van der Waals surface area contributed by atoms with E-state index in [-0.39, 0.29) is 12.0 Å². The number of hydrogen-bond acceptors (Lipinski definition) is 3. The molecule has 116 valence electrons. The molecule has 0 aliphatic rings. The Morgan fingerprint density at radius 1 is 1.24 bits per heavy atom. The number of aliphatic hydroxyl groups excluding tert-OH is 1. The van der Waals surface area contributed by atoms with E-state index in [0.717, 1.165) is 0 Å². The number of rotatable bonds is 5. The lowest BCUT2D eigenvalue weighted by atomic mass is 9.87. The van der Waals surface area contributed by atoms with Crippen LogP contribution >= 0.6 is 0 Å². The molecular formula is C15H21FN2O3. The lowest BCUT2D eigenvalue weighted by Crippen LogP contribution is -2.41. The topological polar surface area (TPSA) is 78.4 Å². The second-order valence-corrected chi connectivity index (χ2v) is 5.86. The number of hydrogen-bond donors (Lipinski definition) is 3. The number of carbonyl (C=O) groups is 2. The molecule has 0 fully saturated rings. The fourth-order valence-corrected chi connectivity index (χ4v) is 1.99. The number of aliphatic hydroxyl groups is 1. The molecule has 0 radical (unpaired) electrons. The van der Waals surface area contributed by atoms with Crippen LogP contribution in [0.5, 0.6) is 0 Å². The summed E-state index contributed by atoms with van der Waals surface area (Å²) >= 11 is 0. The summed E-state index contributed by atoms with van der Waals surface area (Å²) in [5, 5.41) is 14.3. The summed E-state index contributed by atoms with van der Waals surface area (Å²) in [6, 6.07) is 5.13. The van der Waals surface area contributed by atoms with E-state index in [4.69, 9.17) is 0 Å². The molecule has 0 aliphatic carbocycles. The highest BCUT2D eigenvalue weighted by Crippen LogP contribution is 2.21. The Morgan fingerprint density at radius 3 is 2.33 bits per heavy atom. The van der Waals surface area contributed by atoms with Gasteiger partial charge in [0, 0.05) is 12.2 Å². The van der Waals surface area contributed by atoms with E-state index in [1.54, 1.807) is 6.92 Å². The average Bonchev–Trinajstić information content (AvgIpc) is 2.37. The van der Waals surface area contributed by atoms with Crippen LogP contribution in [-0.4, -0.2) is 29.6 Å². The van der Waals surface area contributed by atoms with Gasteiger partial charge in [-0.15, -0.1) is 0 Å². The summed E-state index contributed by atoms with van der Waals surface area (Å²) in [6.07, 6.45) is 0.0253. The van der Waals surface area contributed by atoms with Crippen molar-refractivity contribution in [2.45, 2.75) is 33.3 Å². The Hall–Kier alpha value is -1.95. The first-order valence-corrected chi connectivity index (χ1v) is 6.72. The molecule has 2 amide bonds. The van der Waals surface area contributed by atoms with E-state index in [1.807, 2.05) is 13.8 Å². The molecule has 1 atom stereocenters. The quantitative estimate of drug-likeness (QED) is 0.723. The fourth-order valence-electron chi connectivity index (χ4n) is 1.99. The molecule has 0 spiro atoms. The van der Waals surface area contributed by atoms with Gasteiger partial charge in [0.1, 0.15) is 5.82 Å². The van der Waals surface area contributed by atoms with Crippen LogP contribution in [0.3, 0.4) is 0 Å². The third kappa shape index (κ3) is 6.35. The van der Waals surface area contributed by atoms with E-state index >= 15 is 0 Å². The Balaban J connectivity index is 2.48. The van der Waals surface area contributed by atoms with Crippen molar-refractivity contribution in [3.8, 4) is 0 Å². The van der Waals surface area contributed by atoms with E-state index < -0.39 is 23.7 Å². The van der Waals surface area contributed by atoms with Crippen molar-refractivity contribution in [2.24, 2.45) is 5.41 Å². The van der Waals surface area contributed by atoms with Crippen molar-refractivity contribution in [1.29, 1.82) is 0 Å². The van der Waals surface area contributed by atoms with Crippen LogP contribution in [-0.2, 0) is 9.59 Å². The molecule has 0 saturated heterocycles. The number of anilines is 1. The first-order valence-electron chi connectivity index (χ1n) is 6.72. The zero-order valence-electron chi connectivity index (χ0n) is 12.4. The van der Waals surface area contributed by atoms with Crippen molar-refractivity contribution < 1.29 is 19.1 Å². The van der Waals surface area contributed by atoms with Gasteiger partial charge in [0.15, 0.2) is 0 Å². The maximum atomic E-state index is 12.7. The highest BCUT2D eigenvalue weighted by molar-refractivity contribution is 6.39. The molecule has 1 rings (SSSR count). The Morgan fingerprint density at radius 2 is 1.81 bits per heavy atom. The molecule has 5 nitrogen and oxygen atoms in total. The first-order chi connectivity index (χ1) is 9.69. The molecule has 0 bridgehead atoms. The van der Waals surface area contributed by atoms with Crippen molar-refractivity contribution in [3.63, 3.8) is 0 Å². The van der Waals surface area contributed by atoms with Gasteiger partial charge in [-0.2, -0.15) is 0 Å². The summed E-state index contributed by atoms with van der Waals surface area (Å²) < 4.78 is 12.7. The first kappa shape index (κ1) is 17.1. The molecule has 21 heavy (non-hydrogen) atoms. The number of carbonyl (C=O) groups excluding carboxylic acids is 2. The summed E-state index contributed by atoms with van der Waals surface area (Å²) in [5.41, 5.74) is 0.0276. The van der Waals surface area contributed by atoms with Crippen LogP contribution < -0.4 is 10.6 Å². The van der Waals surface area contributed by atoms with Gasteiger partial charge in [-0.25, -0.2) is 4.39 Å². The zero-order valence-corrected chi connectivity index (χ0v) is 12.4. The van der Waals surface area contributed by atoms with Gasteiger partial charge in [-0.1, -0.05) is 13.8 Å². The van der Waals surface area contributed by atoms with Gasteiger partial charge in [0.05, 0.1) is 6.10 Å². The molecule has 0 aliphatic heterocycles. The van der Waals surface area contributed by atoms with Crippen LogP contribution in [0, 0.1) is 11.2 Å². The molecule has 0 heterocycles. The average molecular weight is 296 g/mol. The second-order valence-electron chi connectivity index (χ2n) is 5.86.